The number of imidazole rings is 1. The molecule has 2 heterocycles. The van der Waals surface area contributed by atoms with Gasteiger partial charge in [-0.15, -0.1) is 0 Å². The molecule has 1 aliphatic heterocycles. The van der Waals surface area contributed by atoms with Gasteiger partial charge in [-0.05, 0) is 36.8 Å². The molecule has 2 N–H and O–H groups in total. The summed E-state index contributed by atoms with van der Waals surface area (Å²) in [5, 5.41) is 0.829. The molecule has 0 spiro atoms. The van der Waals surface area contributed by atoms with Crippen LogP contribution in [0.3, 0.4) is 0 Å². The molecule has 28 heavy (non-hydrogen) atoms. The number of carbonyl (C=O) groups is 2. The number of halogens is 2. The molecule has 144 valence electrons. The lowest BCUT2D eigenvalue weighted by atomic mass is 10.1. The summed E-state index contributed by atoms with van der Waals surface area (Å²) in [7, 11) is 1.34. The monoisotopic (exact) mass is 418 g/mol. The molecule has 1 aliphatic rings. The average Bonchev–Trinajstić information content (AvgIpc) is 3.08. The van der Waals surface area contributed by atoms with Crippen molar-refractivity contribution < 1.29 is 14.3 Å². The first-order valence-corrected chi connectivity index (χ1v) is 9.32. The highest BCUT2D eigenvalue weighted by Gasteiger charge is 2.28. The fourth-order valence-corrected chi connectivity index (χ4v) is 3.96. The van der Waals surface area contributed by atoms with Gasteiger partial charge in [0.15, 0.2) is 0 Å². The standard InChI is InChI=1S/C19H16Cl2N4O3/c1-28-18(27)11-4-5-12(20)15-16(11)25-8-2-7-24(19(25)23-15)14-6-3-10(17(22)26)9-13(14)21/h3-6,9H,2,7-8H2,1H3,(H2,22,26). The third-order valence-corrected chi connectivity index (χ3v) is 5.37. The first-order valence-electron chi connectivity index (χ1n) is 8.56. The van der Waals surface area contributed by atoms with Gasteiger partial charge < -0.3 is 19.9 Å². The second-order valence-corrected chi connectivity index (χ2v) is 7.20. The number of esters is 1. The Kier molecular flexibility index (Phi) is 4.64. The Morgan fingerprint density at radius 1 is 1.14 bits per heavy atom. The van der Waals surface area contributed by atoms with Gasteiger partial charge in [0.2, 0.25) is 11.9 Å². The van der Waals surface area contributed by atoms with Gasteiger partial charge in [0.05, 0.1) is 33.9 Å². The van der Waals surface area contributed by atoms with Crippen LogP contribution in [0.2, 0.25) is 10.0 Å². The SMILES string of the molecule is COC(=O)c1ccc(Cl)c2nc3n(c12)CCCN3c1ccc(C(N)=O)cc1Cl. The molecule has 1 aromatic heterocycles. The van der Waals surface area contributed by atoms with E-state index in [1.165, 1.54) is 13.2 Å². The molecule has 0 bridgehead atoms. The third-order valence-electron chi connectivity index (χ3n) is 4.76. The first-order chi connectivity index (χ1) is 13.4. The lowest BCUT2D eigenvalue weighted by molar-refractivity contribution is 0.0602. The average molecular weight is 419 g/mol. The number of primary amides is 1. The number of hydrogen-bond acceptors (Lipinski definition) is 5. The van der Waals surface area contributed by atoms with Crippen LogP contribution in [0, 0.1) is 0 Å². The number of aromatic nitrogens is 2. The predicted molar refractivity (Wildman–Crippen MR) is 108 cm³/mol. The van der Waals surface area contributed by atoms with E-state index in [4.69, 9.17) is 33.7 Å². The van der Waals surface area contributed by atoms with Gasteiger partial charge in [-0.3, -0.25) is 4.79 Å². The molecule has 7 nitrogen and oxygen atoms in total. The molecule has 4 rings (SSSR count). The van der Waals surface area contributed by atoms with Crippen molar-refractivity contribution in [2.45, 2.75) is 13.0 Å². The van der Waals surface area contributed by atoms with Crippen molar-refractivity contribution in [3.8, 4) is 0 Å². The number of anilines is 2. The lowest BCUT2D eigenvalue weighted by Crippen LogP contribution is -2.28. The number of hydrogen-bond donors (Lipinski definition) is 1. The third kappa shape index (κ3) is 2.87. The molecule has 3 aromatic rings. The van der Waals surface area contributed by atoms with E-state index in [0.717, 1.165) is 6.42 Å². The molecule has 0 radical (unpaired) electrons. The van der Waals surface area contributed by atoms with Crippen molar-refractivity contribution in [1.82, 2.24) is 9.55 Å². The van der Waals surface area contributed by atoms with Crippen molar-refractivity contribution in [3.63, 3.8) is 0 Å². The minimum atomic E-state index is -0.547. The van der Waals surface area contributed by atoms with E-state index in [1.807, 2.05) is 9.47 Å². The normalized spacial score (nSPS) is 13.5. The molecule has 0 atom stereocenters. The second-order valence-electron chi connectivity index (χ2n) is 6.38. The molecular weight excluding hydrogens is 403 g/mol. The van der Waals surface area contributed by atoms with Crippen LogP contribution in [0.5, 0.6) is 0 Å². The Morgan fingerprint density at radius 2 is 1.93 bits per heavy atom. The molecule has 2 aromatic carbocycles. The van der Waals surface area contributed by atoms with Crippen LogP contribution < -0.4 is 10.6 Å². The molecule has 9 heteroatoms. The second kappa shape index (κ2) is 7.00. The summed E-state index contributed by atoms with van der Waals surface area (Å²) in [4.78, 5) is 30.3. The largest absolute Gasteiger partial charge is 0.465 e. The van der Waals surface area contributed by atoms with Gasteiger partial charge >= 0.3 is 5.97 Å². The lowest BCUT2D eigenvalue weighted by Gasteiger charge is -2.30. The molecule has 0 saturated carbocycles. The highest BCUT2D eigenvalue weighted by molar-refractivity contribution is 6.35. The summed E-state index contributed by atoms with van der Waals surface area (Å²) in [5.41, 5.74) is 7.90. The number of nitrogens with two attached hydrogens (primary N) is 1. The summed E-state index contributed by atoms with van der Waals surface area (Å²) < 4.78 is 6.85. The molecular formula is C19H16Cl2N4O3. The minimum absolute atomic E-state index is 0.329. The predicted octanol–water partition coefficient (Wildman–Crippen LogP) is 3.77. The van der Waals surface area contributed by atoms with E-state index >= 15 is 0 Å². The zero-order valence-corrected chi connectivity index (χ0v) is 16.4. The van der Waals surface area contributed by atoms with E-state index in [2.05, 4.69) is 4.98 Å². The summed E-state index contributed by atoms with van der Waals surface area (Å²) in [6.45, 7) is 1.34. The fourth-order valence-electron chi connectivity index (χ4n) is 3.48. The molecule has 0 saturated heterocycles. The van der Waals surface area contributed by atoms with Crippen LogP contribution in [0.15, 0.2) is 30.3 Å². The topological polar surface area (TPSA) is 90.4 Å². The van der Waals surface area contributed by atoms with E-state index in [1.54, 1.807) is 24.3 Å². The van der Waals surface area contributed by atoms with Gasteiger partial charge in [0.25, 0.3) is 0 Å². The van der Waals surface area contributed by atoms with Crippen molar-refractivity contribution in [3.05, 3.63) is 51.5 Å². The van der Waals surface area contributed by atoms with Crippen LogP contribution in [-0.2, 0) is 11.3 Å². The highest BCUT2D eigenvalue weighted by Crippen LogP contribution is 2.39. The number of rotatable bonds is 3. The maximum atomic E-state index is 12.2. The summed E-state index contributed by atoms with van der Waals surface area (Å²) >= 11 is 12.8. The number of ether oxygens (including phenoxy) is 1. The van der Waals surface area contributed by atoms with E-state index in [0.29, 0.717) is 56.9 Å². The number of methoxy groups -OCH3 is 1. The zero-order valence-electron chi connectivity index (χ0n) is 14.9. The van der Waals surface area contributed by atoms with Crippen LogP contribution in [-0.4, -0.2) is 35.1 Å². The van der Waals surface area contributed by atoms with Crippen molar-refractivity contribution in [2.75, 3.05) is 18.6 Å². The molecule has 1 amide bonds. The number of aryl methyl sites for hydroxylation is 1. The number of amides is 1. The van der Waals surface area contributed by atoms with Crippen LogP contribution >= 0.6 is 23.2 Å². The quantitative estimate of drug-likeness (QED) is 0.653. The zero-order chi connectivity index (χ0) is 20.0. The van der Waals surface area contributed by atoms with Crippen LogP contribution in [0.25, 0.3) is 11.0 Å². The Balaban J connectivity index is 1.91. The van der Waals surface area contributed by atoms with Gasteiger partial charge in [-0.1, -0.05) is 23.2 Å². The Bertz CT molecular complexity index is 1130. The maximum Gasteiger partial charge on any atom is 0.340 e. The van der Waals surface area contributed by atoms with Crippen molar-refractivity contribution in [2.24, 2.45) is 5.73 Å². The first kappa shape index (κ1) is 18.6. The van der Waals surface area contributed by atoms with Gasteiger partial charge in [0, 0.05) is 18.7 Å². The van der Waals surface area contributed by atoms with Gasteiger partial charge in [-0.2, -0.15) is 0 Å². The highest BCUT2D eigenvalue weighted by atomic mass is 35.5. The summed E-state index contributed by atoms with van der Waals surface area (Å²) in [5.74, 6) is -0.382. The summed E-state index contributed by atoms with van der Waals surface area (Å²) in [6.07, 6.45) is 0.805. The number of benzene rings is 2. The Labute approximate surface area is 170 Å². The molecule has 0 unspecified atom stereocenters. The van der Waals surface area contributed by atoms with E-state index < -0.39 is 11.9 Å². The van der Waals surface area contributed by atoms with Gasteiger partial charge in [0.1, 0.15) is 5.52 Å². The Morgan fingerprint density at radius 3 is 2.61 bits per heavy atom. The molecule has 0 fully saturated rings. The van der Waals surface area contributed by atoms with Crippen LogP contribution in [0.1, 0.15) is 27.1 Å². The summed E-state index contributed by atoms with van der Waals surface area (Å²) in [6, 6.07) is 8.17. The van der Waals surface area contributed by atoms with Crippen molar-refractivity contribution in [1.29, 1.82) is 0 Å². The van der Waals surface area contributed by atoms with Crippen LogP contribution in [0.4, 0.5) is 11.6 Å². The minimum Gasteiger partial charge on any atom is -0.465 e. The van der Waals surface area contributed by atoms with E-state index in [9.17, 15) is 9.59 Å². The van der Waals surface area contributed by atoms with E-state index in [-0.39, 0.29) is 0 Å². The van der Waals surface area contributed by atoms with Gasteiger partial charge in [-0.25, -0.2) is 9.78 Å². The molecule has 0 aliphatic carbocycles. The Hall–Kier alpha value is -2.77. The maximum absolute atomic E-state index is 12.2. The number of nitrogens with zero attached hydrogens (tertiary/aromatic N) is 3. The number of carbonyl (C=O) groups excluding carboxylic acids is 2. The number of fused-ring (bicyclic) bond motifs is 3. The smallest absolute Gasteiger partial charge is 0.340 e. The fraction of sp³-hybridized carbons (Fsp3) is 0.211. The van der Waals surface area contributed by atoms with Crippen molar-refractivity contribution >= 4 is 57.7 Å².